The van der Waals surface area contributed by atoms with Crippen molar-refractivity contribution in [2.75, 3.05) is 13.2 Å². The van der Waals surface area contributed by atoms with Gasteiger partial charge in [0.2, 0.25) is 5.91 Å². The first kappa shape index (κ1) is 62.1. The number of esters is 1. The van der Waals surface area contributed by atoms with Gasteiger partial charge in [0.05, 0.1) is 25.4 Å². The SMILES string of the molecule is CCCCCCCCC/C=C\CCCCCCCC(=O)OCCCCC/C=C\CCCCCCCC(=O)NC(CO)C(O)/C=C/CCCCCCCCCCCCCCCCCCC. The summed E-state index contributed by atoms with van der Waals surface area (Å²) in [5, 5.41) is 23.1. The summed E-state index contributed by atoms with van der Waals surface area (Å²) in [5.74, 6) is -0.125. The highest BCUT2D eigenvalue weighted by Crippen LogP contribution is 2.16. The highest BCUT2D eigenvalue weighted by Gasteiger charge is 2.18. The molecule has 6 nitrogen and oxygen atoms in total. The molecule has 0 bridgehead atoms. The first-order valence-electron chi connectivity index (χ1n) is 28.3. The Morgan fingerprint density at radius 3 is 1.11 bits per heavy atom. The monoisotopic (exact) mass is 900 g/mol. The Labute approximate surface area is 398 Å². The van der Waals surface area contributed by atoms with Gasteiger partial charge in [-0.05, 0) is 89.9 Å². The second-order valence-electron chi connectivity index (χ2n) is 19.3. The van der Waals surface area contributed by atoms with E-state index < -0.39 is 12.1 Å². The summed E-state index contributed by atoms with van der Waals surface area (Å²) in [4.78, 5) is 24.5. The number of carbonyl (C=O) groups excluding carboxylic acids is 2. The Balaban J connectivity index is 3.54. The summed E-state index contributed by atoms with van der Waals surface area (Å²) in [7, 11) is 0. The molecule has 0 radical (unpaired) electrons. The molecule has 0 saturated carbocycles. The minimum Gasteiger partial charge on any atom is -0.466 e. The summed E-state index contributed by atoms with van der Waals surface area (Å²) in [6, 6.07) is -0.648. The van der Waals surface area contributed by atoms with Crippen molar-refractivity contribution in [3.8, 4) is 0 Å². The zero-order valence-electron chi connectivity index (χ0n) is 42.8. The molecule has 0 aromatic rings. The van der Waals surface area contributed by atoms with E-state index in [9.17, 15) is 19.8 Å². The molecule has 0 heterocycles. The second kappa shape index (κ2) is 53.7. The zero-order valence-corrected chi connectivity index (χ0v) is 42.8. The number of hydrogen-bond acceptors (Lipinski definition) is 5. The van der Waals surface area contributed by atoms with Crippen molar-refractivity contribution in [2.45, 2.75) is 309 Å². The quantitative estimate of drug-likeness (QED) is 0.0321. The molecule has 0 rings (SSSR count). The number of carbonyl (C=O) groups is 2. The van der Waals surface area contributed by atoms with Gasteiger partial charge < -0.3 is 20.3 Å². The fraction of sp³-hybridized carbons (Fsp3) is 0.862. The molecule has 2 atom stereocenters. The maximum absolute atomic E-state index is 12.5. The molecule has 0 aromatic heterocycles. The van der Waals surface area contributed by atoms with E-state index in [1.807, 2.05) is 6.08 Å². The van der Waals surface area contributed by atoms with E-state index in [4.69, 9.17) is 4.74 Å². The normalized spacial score (nSPS) is 12.9. The average molecular weight is 901 g/mol. The predicted molar refractivity (Wildman–Crippen MR) is 278 cm³/mol. The number of aliphatic hydroxyl groups is 2. The van der Waals surface area contributed by atoms with Crippen molar-refractivity contribution in [3.63, 3.8) is 0 Å². The van der Waals surface area contributed by atoms with Crippen LogP contribution in [-0.2, 0) is 14.3 Å². The summed E-state index contributed by atoms with van der Waals surface area (Å²) < 4.78 is 5.45. The lowest BCUT2D eigenvalue weighted by molar-refractivity contribution is -0.143. The van der Waals surface area contributed by atoms with Gasteiger partial charge in [0.25, 0.3) is 0 Å². The van der Waals surface area contributed by atoms with E-state index in [-0.39, 0.29) is 18.5 Å². The lowest BCUT2D eigenvalue weighted by Crippen LogP contribution is -2.45. The molecule has 0 saturated heterocycles. The predicted octanol–water partition coefficient (Wildman–Crippen LogP) is 17.2. The first-order chi connectivity index (χ1) is 31.5. The Bertz CT molecular complexity index is 1040. The smallest absolute Gasteiger partial charge is 0.305 e. The average Bonchev–Trinajstić information content (AvgIpc) is 3.29. The van der Waals surface area contributed by atoms with Gasteiger partial charge in [0, 0.05) is 12.8 Å². The number of allylic oxidation sites excluding steroid dienone is 5. The first-order valence-corrected chi connectivity index (χ1v) is 28.3. The molecule has 6 heteroatoms. The fourth-order valence-corrected chi connectivity index (χ4v) is 8.50. The summed E-state index contributed by atoms with van der Waals surface area (Å²) in [5.41, 5.74) is 0. The molecular weight excluding hydrogens is 791 g/mol. The van der Waals surface area contributed by atoms with E-state index >= 15 is 0 Å². The van der Waals surface area contributed by atoms with Gasteiger partial charge >= 0.3 is 5.97 Å². The number of nitrogens with one attached hydrogen (secondary N) is 1. The third-order valence-electron chi connectivity index (χ3n) is 12.9. The molecule has 64 heavy (non-hydrogen) atoms. The van der Waals surface area contributed by atoms with Crippen molar-refractivity contribution in [1.29, 1.82) is 0 Å². The van der Waals surface area contributed by atoms with Gasteiger partial charge in [0.1, 0.15) is 0 Å². The minimum absolute atomic E-state index is 0.0317. The number of ether oxygens (including phenoxy) is 1. The number of unbranched alkanes of at least 4 members (excludes halogenated alkanes) is 37. The van der Waals surface area contributed by atoms with Gasteiger partial charge in [-0.3, -0.25) is 9.59 Å². The number of amides is 1. The van der Waals surface area contributed by atoms with Gasteiger partial charge in [0.15, 0.2) is 0 Å². The molecule has 0 aliphatic rings. The van der Waals surface area contributed by atoms with Crippen LogP contribution in [0.3, 0.4) is 0 Å². The number of aliphatic hydroxyl groups excluding tert-OH is 2. The Morgan fingerprint density at radius 2 is 0.734 bits per heavy atom. The largest absolute Gasteiger partial charge is 0.466 e. The molecule has 376 valence electrons. The van der Waals surface area contributed by atoms with E-state index in [0.29, 0.717) is 19.4 Å². The fourth-order valence-electron chi connectivity index (χ4n) is 8.50. The molecule has 0 aliphatic heterocycles. The molecular formula is C58H109NO5. The van der Waals surface area contributed by atoms with Crippen LogP contribution in [0.15, 0.2) is 36.5 Å². The van der Waals surface area contributed by atoms with Crippen molar-refractivity contribution in [3.05, 3.63) is 36.5 Å². The Morgan fingerprint density at radius 1 is 0.422 bits per heavy atom. The molecule has 0 aromatic carbocycles. The zero-order chi connectivity index (χ0) is 46.5. The summed E-state index contributed by atoms with van der Waals surface area (Å²) in [6.45, 7) is 4.85. The topological polar surface area (TPSA) is 95.9 Å². The minimum atomic E-state index is -0.862. The van der Waals surface area contributed by atoms with Gasteiger partial charge in [-0.2, -0.15) is 0 Å². The van der Waals surface area contributed by atoms with Gasteiger partial charge in [-0.15, -0.1) is 0 Å². The van der Waals surface area contributed by atoms with E-state index in [2.05, 4.69) is 43.5 Å². The van der Waals surface area contributed by atoms with Crippen LogP contribution in [0, 0.1) is 0 Å². The van der Waals surface area contributed by atoms with Crippen LogP contribution < -0.4 is 5.32 Å². The van der Waals surface area contributed by atoms with Crippen LogP contribution in [0.25, 0.3) is 0 Å². The summed E-state index contributed by atoms with van der Waals surface area (Å²) >= 11 is 0. The van der Waals surface area contributed by atoms with Crippen LogP contribution in [0.4, 0.5) is 0 Å². The van der Waals surface area contributed by atoms with Crippen LogP contribution in [-0.4, -0.2) is 47.4 Å². The molecule has 0 fully saturated rings. The van der Waals surface area contributed by atoms with Crippen molar-refractivity contribution in [2.24, 2.45) is 0 Å². The Hall–Kier alpha value is -1.92. The van der Waals surface area contributed by atoms with Crippen LogP contribution in [0.5, 0.6) is 0 Å². The number of rotatable bonds is 52. The van der Waals surface area contributed by atoms with Gasteiger partial charge in [-0.25, -0.2) is 0 Å². The molecule has 3 N–H and O–H groups in total. The third-order valence-corrected chi connectivity index (χ3v) is 12.9. The maximum Gasteiger partial charge on any atom is 0.305 e. The number of hydrogen-bond donors (Lipinski definition) is 3. The summed E-state index contributed by atoms with van der Waals surface area (Å²) in [6.07, 6.45) is 65.9. The van der Waals surface area contributed by atoms with Crippen LogP contribution in [0.2, 0.25) is 0 Å². The Kier molecular flexibility index (Phi) is 52.1. The molecule has 0 aliphatic carbocycles. The van der Waals surface area contributed by atoms with E-state index in [1.54, 1.807) is 6.08 Å². The second-order valence-corrected chi connectivity index (χ2v) is 19.3. The maximum atomic E-state index is 12.5. The molecule has 0 spiro atoms. The molecule has 2 unspecified atom stereocenters. The lowest BCUT2D eigenvalue weighted by atomic mass is 10.0. The van der Waals surface area contributed by atoms with E-state index in [0.717, 1.165) is 83.5 Å². The third kappa shape index (κ3) is 49.5. The molecule has 1 amide bonds. The lowest BCUT2D eigenvalue weighted by Gasteiger charge is -2.20. The van der Waals surface area contributed by atoms with E-state index in [1.165, 1.54) is 186 Å². The van der Waals surface area contributed by atoms with Crippen LogP contribution in [0.1, 0.15) is 296 Å². The van der Waals surface area contributed by atoms with Crippen molar-refractivity contribution >= 4 is 11.9 Å². The van der Waals surface area contributed by atoms with Crippen LogP contribution >= 0.6 is 0 Å². The standard InChI is InChI=1S/C58H109NO5/c1-3-5-7-9-11-13-15-17-19-21-22-23-24-26-30-34-38-42-46-50-56(61)55(54-60)59-57(62)51-47-43-39-35-31-28-29-33-37-41-45-49-53-64-58(63)52-48-44-40-36-32-27-25-20-18-16-14-12-10-8-6-4-2/h20,25,29,33,46,50,55-56,60-61H,3-19,21-24,26-28,30-32,34-45,47-49,51-54H2,1-2H3,(H,59,62)/b25-20-,33-29-,50-46+. The highest BCUT2D eigenvalue weighted by atomic mass is 16.5. The van der Waals surface area contributed by atoms with Crippen molar-refractivity contribution < 1.29 is 24.5 Å². The highest BCUT2D eigenvalue weighted by molar-refractivity contribution is 5.76. The van der Waals surface area contributed by atoms with Crippen molar-refractivity contribution in [1.82, 2.24) is 5.32 Å². The van der Waals surface area contributed by atoms with Gasteiger partial charge in [-0.1, -0.05) is 230 Å².